The number of nitrogens with zero attached hydrogens (tertiary/aromatic N) is 1. The van der Waals surface area contributed by atoms with Crippen molar-refractivity contribution in [3.8, 4) is 0 Å². The fourth-order valence-electron chi connectivity index (χ4n) is 13.2. The van der Waals surface area contributed by atoms with E-state index in [-0.39, 0.29) is 48.7 Å². The second-order valence-electron chi connectivity index (χ2n) is 18.2. The first-order chi connectivity index (χ1) is 21.9. The minimum Gasteiger partial charge on any atom is -0.457 e. The summed E-state index contributed by atoms with van der Waals surface area (Å²) in [6.07, 6.45) is 8.18. The molecule has 6 aliphatic rings. The normalized spacial score (nSPS) is 46.6. The van der Waals surface area contributed by atoms with Gasteiger partial charge in [-0.05, 0) is 117 Å². The zero-order valence-electron chi connectivity index (χ0n) is 30.4. The van der Waals surface area contributed by atoms with Crippen LogP contribution >= 0.6 is 19.3 Å². The lowest BCUT2D eigenvalue weighted by Crippen LogP contribution is -2.60. The number of hydrogen-bond acceptors (Lipinski definition) is 8. The molecule has 1 saturated heterocycles. The maximum absolute atomic E-state index is 12.2. The Morgan fingerprint density at radius 3 is 2.43 bits per heavy atom. The lowest BCUT2D eigenvalue weighted by Gasteiger charge is -2.64. The van der Waals surface area contributed by atoms with Gasteiger partial charge in [-0.2, -0.15) is 0 Å². The van der Waals surface area contributed by atoms with Gasteiger partial charge in [-0.3, -0.25) is 9.46 Å². The van der Waals surface area contributed by atoms with E-state index >= 15 is 0 Å². The van der Waals surface area contributed by atoms with Crippen LogP contribution in [0.2, 0.25) is 0 Å². The lowest BCUT2D eigenvalue weighted by molar-refractivity contribution is -0.243. The molecule has 6 fully saturated rings. The third-order valence-electron chi connectivity index (χ3n) is 15.6. The number of fused-ring (bicyclic) bond motifs is 2. The molecule has 270 valence electrons. The number of esters is 1. The summed E-state index contributed by atoms with van der Waals surface area (Å²) < 4.78 is 26.6. The maximum atomic E-state index is 12.2. The Kier molecular flexibility index (Phi) is 9.82. The Hall–Kier alpha value is -0.0500. The van der Waals surface area contributed by atoms with Gasteiger partial charge in [0.1, 0.15) is 0 Å². The number of ether oxygens (including phenoxy) is 4. The Morgan fingerprint density at radius 2 is 1.79 bits per heavy atom. The molecule has 1 aliphatic heterocycles. The lowest BCUT2D eigenvalue weighted by atomic mass is 9.41. The highest BCUT2D eigenvalue weighted by atomic mass is 35.7. The Labute approximate surface area is 290 Å². The fourth-order valence-corrected chi connectivity index (χ4v) is 14.1. The summed E-state index contributed by atoms with van der Waals surface area (Å²) in [5.74, 6) is 1.24. The predicted octanol–water partition coefficient (Wildman–Crippen LogP) is 6.93. The zero-order valence-corrected chi connectivity index (χ0v) is 32.2. The molecule has 0 aromatic carbocycles. The van der Waals surface area contributed by atoms with Crippen LogP contribution in [0, 0.1) is 50.7 Å². The Morgan fingerprint density at radius 1 is 1.11 bits per heavy atom. The van der Waals surface area contributed by atoms with Gasteiger partial charge in [0.15, 0.2) is 12.4 Å². The molecule has 0 aromatic heterocycles. The Bertz CT molecular complexity index is 1180. The molecular weight excluding hydrogens is 637 g/mol. The Balaban J connectivity index is 1.20. The van der Waals surface area contributed by atoms with Crippen LogP contribution in [0.5, 0.6) is 0 Å². The minimum absolute atomic E-state index is 0.00850. The summed E-state index contributed by atoms with van der Waals surface area (Å²) in [5.41, 5.74) is -0.697. The molecule has 14 atom stereocenters. The second-order valence-corrected chi connectivity index (χ2v) is 19.5. The van der Waals surface area contributed by atoms with E-state index in [0.717, 1.165) is 32.4 Å². The van der Waals surface area contributed by atoms with Crippen molar-refractivity contribution in [2.24, 2.45) is 50.7 Å². The number of aliphatic hydroxyl groups excluding tert-OH is 1. The number of rotatable bonds is 10. The largest absolute Gasteiger partial charge is 0.457 e. The minimum atomic E-state index is -1.23. The van der Waals surface area contributed by atoms with Crippen LogP contribution in [0.3, 0.4) is 0 Å². The van der Waals surface area contributed by atoms with Crippen molar-refractivity contribution in [3.05, 3.63) is 0 Å². The number of methoxy groups -OCH3 is 1. The zero-order chi connectivity index (χ0) is 34.4. The van der Waals surface area contributed by atoms with E-state index in [1.807, 2.05) is 0 Å². The average Bonchev–Trinajstić information content (AvgIpc) is 3.62. The van der Waals surface area contributed by atoms with Crippen LogP contribution in [0.1, 0.15) is 113 Å². The van der Waals surface area contributed by atoms with Crippen molar-refractivity contribution in [2.75, 3.05) is 26.8 Å². The predicted molar refractivity (Wildman–Crippen MR) is 185 cm³/mol. The van der Waals surface area contributed by atoms with Crippen molar-refractivity contribution in [2.45, 2.75) is 149 Å². The van der Waals surface area contributed by atoms with E-state index in [0.29, 0.717) is 41.6 Å². The first-order valence-corrected chi connectivity index (χ1v) is 20.4. The quantitative estimate of drug-likeness (QED) is 0.187. The van der Waals surface area contributed by atoms with Crippen LogP contribution in [0.25, 0.3) is 0 Å². The average molecular weight is 700 g/mol. The highest BCUT2D eigenvalue weighted by Gasteiger charge is 2.83. The van der Waals surface area contributed by atoms with Crippen LogP contribution < -0.4 is 0 Å². The van der Waals surface area contributed by atoms with Crippen molar-refractivity contribution < 1.29 is 34.0 Å². The smallest absolute Gasteiger partial charge is 0.303 e. The molecule has 1 heterocycles. The first kappa shape index (κ1) is 36.7. The summed E-state index contributed by atoms with van der Waals surface area (Å²) in [7, 11) is 1.91. The van der Waals surface area contributed by atoms with Crippen LogP contribution in [0.15, 0.2) is 0 Å². The first-order valence-electron chi connectivity index (χ1n) is 18.4. The summed E-state index contributed by atoms with van der Waals surface area (Å²) in [5, 5.41) is 23.1. The molecule has 0 bridgehead atoms. The third kappa shape index (κ3) is 5.60. The van der Waals surface area contributed by atoms with E-state index < -0.39 is 23.8 Å². The van der Waals surface area contributed by atoms with Gasteiger partial charge in [0, 0.05) is 34.1 Å². The molecule has 10 heteroatoms. The van der Waals surface area contributed by atoms with E-state index in [2.05, 4.69) is 39.3 Å². The van der Waals surface area contributed by atoms with Gasteiger partial charge >= 0.3 is 5.97 Å². The standard InChI is InChI=1S/C37H63ClNO7P/c1-22(18-25(43-9)31(33(5,6)42)45-23(2)40)24-19-28(41)35(8)27-11-10-26-32(3,4)29(46-30-20-39(47-38)16-17-44-30)12-13-36(26)21-37(27,36)15-14-34(24,35)7/h22,24-31,41-42,47H,10-21H2,1-9H3/t22-,24-,25?,26+,27?,28+,29+,30?,31+,34-,35-,36-,37?/m1/s1. The van der Waals surface area contributed by atoms with Crippen LogP contribution in [-0.2, 0) is 23.7 Å². The summed E-state index contributed by atoms with van der Waals surface area (Å²) >= 11 is 6.19. The van der Waals surface area contributed by atoms with Crippen molar-refractivity contribution in [3.63, 3.8) is 0 Å². The molecule has 6 rings (SSSR count). The maximum Gasteiger partial charge on any atom is 0.303 e. The van der Waals surface area contributed by atoms with E-state index in [9.17, 15) is 15.0 Å². The molecular formula is C37H63ClNO7P. The molecule has 5 saturated carbocycles. The van der Waals surface area contributed by atoms with Gasteiger partial charge in [0.05, 0.1) is 37.1 Å². The van der Waals surface area contributed by atoms with E-state index in [4.69, 9.17) is 30.2 Å². The molecule has 0 radical (unpaired) electrons. The molecule has 8 nitrogen and oxygen atoms in total. The van der Waals surface area contributed by atoms with Crippen LogP contribution in [0.4, 0.5) is 0 Å². The number of hydrogen-bond donors (Lipinski definition) is 2. The van der Waals surface area contributed by atoms with E-state index in [1.54, 1.807) is 21.0 Å². The molecule has 0 amide bonds. The molecule has 2 spiro atoms. The molecule has 47 heavy (non-hydrogen) atoms. The van der Waals surface area contributed by atoms with E-state index in [1.165, 1.54) is 39.0 Å². The molecule has 5 unspecified atom stereocenters. The fraction of sp³-hybridized carbons (Fsp3) is 0.973. The van der Waals surface area contributed by atoms with Gasteiger partial charge in [-0.1, -0.05) is 45.9 Å². The summed E-state index contributed by atoms with van der Waals surface area (Å²) in [6, 6.07) is 0. The monoisotopic (exact) mass is 699 g/mol. The number of carbonyl (C=O) groups excluding carboxylic acids is 1. The van der Waals surface area contributed by atoms with Crippen molar-refractivity contribution >= 4 is 25.3 Å². The van der Waals surface area contributed by atoms with Crippen LogP contribution in [-0.4, -0.2) is 84.0 Å². The van der Waals surface area contributed by atoms with Gasteiger partial charge in [-0.15, -0.1) is 0 Å². The third-order valence-corrected chi connectivity index (χ3v) is 16.9. The highest BCUT2D eigenvalue weighted by Crippen LogP contribution is 2.89. The summed E-state index contributed by atoms with van der Waals surface area (Å²) in [4.78, 5) is 12.0. The van der Waals surface area contributed by atoms with Gasteiger partial charge in [0.2, 0.25) is 0 Å². The topological polar surface area (TPSA) is 97.7 Å². The van der Waals surface area contributed by atoms with Gasteiger partial charge in [-0.25, -0.2) is 0 Å². The highest BCUT2D eigenvalue weighted by molar-refractivity contribution is 7.66. The number of aliphatic hydroxyl groups is 2. The molecule has 0 aromatic rings. The summed E-state index contributed by atoms with van der Waals surface area (Å²) in [6.45, 7) is 19.1. The number of morpholine rings is 1. The van der Waals surface area contributed by atoms with Gasteiger partial charge < -0.3 is 29.2 Å². The molecule has 2 N–H and O–H groups in total. The van der Waals surface area contributed by atoms with Crippen molar-refractivity contribution in [1.29, 1.82) is 0 Å². The van der Waals surface area contributed by atoms with Crippen molar-refractivity contribution in [1.82, 2.24) is 4.67 Å². The SMILES string of the molecule is COC(C[C@@H](C)[C@H]1C[C@H](O)[C@@]2(C)C3CC[C@H]4C(C)(C)[C@@H](OC5CN(PCl)CCO5)CC[C@@]45CC35CC[C@]12C)[C@H](OC(C)=O)C(C)(C)O. The number of halogens is 1. The molecule has 5 aliphatic carbocycles. The number of carbonyl (C=O) groups is 1. The van der Waals surface area contributed by atoms with Gasteiger partial charge in [0.25, 0.3) is 0 Å². The second kappa shape index (κ2) is 12.6.